The first-order chi connectivity index (χ1) is 16.3. The van der Waals surface area contributed by atoms with E-state index in [1.54, 1.807) is 24.3 Å². The van der Waals surface area contributed by atoms with Gasteiger partial charge in [-0.1, -0.05) is 35.9 Å². The Balaban J connectivity index is 1.51. The fraction of sp³-hybridized carbons (Fsp3) is 0.125. The number of benzene rings is 2. The molecule has 172 valence electrons. The molecule has 34 heavy (non-hydrogen) atoms. The van der Waals surface area contributed by atoms with E-state index in [0.29, 0.717) is 22.0 Å². The minimum atomic E-state index is -0.547. The molecule has 1 fully saturated rings. The molecule has 0 aliphatic carbocycles. The molecule has 0 unspecified atom stereocenters. The van der Waals surface area contributed by atoms with Crippen molar-refractivity contribution < 1.29 is 24.0 Å². The topological polar surface area (TPSA) is 112 Å². The van der Waals surface area contributed by atoms with E-state index < -0.39 is 4.92 Å². The van der Waals surface area contributed by atoms with Gasteiger partial charge in [-0.2, -0.15) is 0 Å². The van der Waals surface area contributed by atoms with Crippen LogP contribution in [-0.2, 0) is 11.3 Å². The van der Waals surface area contributed by atoms with Crippen LogP contribution in [0.4, 0.5) is 10.5 Å². The molecule has 1 aliphatic heterocycles. The average molecular weight is 477 g/mol. The van der Waals surface area contributed by atoms with E-state index in [-0.39, 0.29) is 29.3 Å². The van der Waals surface area contributed by atoms with Crippen LogP contribution in [0.2, 0.25) is 0 Å². The standard InChI is InChI=1S/C24H19N3O6S/c1-15-3-5-16(6-4-15)14-26-23(28)21(34-24(26)29)12-17-7-9-19(20(11-17)32-2)33-22-10-8-18(13-25-22)27(30)31/h3-13H,14H2,1-2H3/b21-12+. The van der Waals surface area contributed by atoms with Crippen LogP contribution in [0, 0.1) is 17.0 Å². The lowest BCUT2D eigenvalue weighted by atomic mass is 10.1. The van der Waals surface area contributed by atoms with E-state index in [1.165, 1.54) is 24.1 Å². The highest BCUT2D eigenvalue weighted by molar-refractivity contribution is 8.18. The summed E-state index contributed by atoms with van der Waals surface area (Å²) < 4.78 is 11.1. The Hall–Kier alpha value is -4.18. The highest BCUT2D eigenvalue weighted by Crippen LogP contribution is 2.36. The number of imide groups is 1. The minimum Gasteiger partial charge on any atom is -0.493 e. The molecule has 0 atom stereocenters. The lowest BCUT2D eigenvalue weighted by Gasteiger charge is -2.12. The number of aryl methyl sites for hydroxylation is 1. The zero-order valence-electron chi connectivity index (χ0n) is 18.3. The number of nitrogens with zero attached hydrogens (tertiary/aromatic N) is 3. The van der Waals surface area contributed by atoms with E-state index >= 15 is 0 Å². The number of thioether (sulfide) groups is 1. The number of rotatable bonds is 7. The van der Waals surface area contributed by atoms with Gasteiger partial charge in [0, 0.05) is 12.1 Å². The maximum atomic E-state index is 12.8. The molecule has 0 radical (unpaired) electrons. The van der Waals surface area contributed by atoms with Crippen molar-refractivity contribution in [2.75, 3.05) is 7.11 Å². The Bertz CT molecular complexity index is 1290. The fourth-order valence-electron chi connectivity index (χ4n) is 3.18. The molecular weight excluding hydrogens is 458 g/mol. The quantitative estimate of drug-likeness (QED) is 0.255. The van der Waals surface area contributed by atoms with Crippen molar-refractivity contribution >= 4 is 34.7 Å². The molecule has 0 bridgehead atoms. The first-order valence-corrected chi connectivity index (χ1v) is 10.9. The van der Waals surface area contributed by atoms with Gasteiger partial charge in [-0.25, -0.2) is 4.98 Å². The van der Waals surface area contributed by atoms with Crippen LogP contribution in [0.15, 0.2) is 65.7 Å². The van der Waals surface area contributed by atoms with Gasteiger partial charge in [0.15, 0.2) is 11.5 Å². The van der Waals surface area contributed by atoms with Gasteiger partial charge in [-0.05, 0) is 48.0 Å². The van der Waals surface area contributed by atoms with Gasteiger partial charge in [-0.15, -0.1) is 0 Å². The summed E-state index contributed by atoms with van der Waals surface area (Å²) in [5, 5.41) is 10.4. The van der Waals surface area contributed by atoms with Gasteiger partial charge in [0.1, 0.15) is 6.20 Å². The molecule has 4 rings (SSSR count). The third-order valence-electron chi connectivity index (χ3n) is 4.97. The molecule has 3 aromatic rings. The molecular formula is C24H19N3O6S. The van der Waals surface area contributed by atoms with Crippen molar-refractivity contribution in [2.45, 2.75) is 13.5 Å². The van der Waals surface area contributed by atoms with Gasteiger partial charge in [-0.3, -0.25) is 24.6 Å². The predicted octanol–water partition coefficient (Wildman–Crippen LogP) is 5.34. The van der Waals surface area contributed by atoms with Gasteiger partial charge in [0.05, 0.1) is 23.5 Å². The molecule has 0 spiro atoms. The van der Waals surface area contributed by atoms with Crippen molar-refractivity contribution in [2.24, 2.45) is 0 Å². The highest BCUT2D eigenvalue weighted by Gasteiger charge is 2.35. The number of hydrogen-bond acceptors (Lipinski definition) is 8. The molecule has 2 heterocycles. The number of carbonyl (C=O) groups is 2. The summed E-state index contributed by atoms with van der Waals surface area (Å²) >= 11 is 0.884. The summed E-state index contributed by atoms with van der Waals surface area (Å²) in [6, 6.07) is 15.3. The number of amides is 2. The maximum absolute atomic E-state index is 12.8. The van der Waals surface area contributed by atoms with Crippen LogP contribution in [0.1, 0.15) is 16.7 Å². The monoisotopic (exact) mass is 477 g/mol. The summed E-state index contributed by atoms with van der Waals surface area (Å²) in [6.45, 7) is 2.18. The van der Waals surface area contributed by atoms with Crippen molar-refractivity contribution in [1.82, 2.24) is 9.88 Å². The molecule has 0 saturated carbocycles. The van der Waals surface area contributed by atoms with Crippen LogP contribution >= 0.6 is 11.8 Å². The third-order valence-corrected chi connectivity index (χ3v) is 5.87. The average Bonchev–Trinajstić information content (AvgIpc) is 3.09. The SMILES string of the molecule is COc1cc(/C=C2/SC(=O)N(Cc3ccc(C)cc3)C2=O)ccc1Oc1ccc([N+](=O)[O-])cn1. The minimum absolute atomic E-state index is 0.147. The predicted molar refractivity (Wildman–Crippen MR) is 127 cm³/mol. The second-order valence-electron chi connectivity index (χ2n) is 7.38. The molecule has 1 aliphatic rings. The lowest BCUT2D eigenvalue weighted by molar-refractivity contribution is -0.385. The highest BCUT2D eigenvalue weighted by atomic mass is 32.2. The van der Waals surface area contributed by atoms with Crippen LogP contribution in [0.3, 0.4) is 0 Å². The summed E-state index contributed by atoms with van der Waals surface area (Å²) in [4.78, 5) is 40.9. The maximum Gasteiger partial charge on any atom is 0.293 e. The molecule has 2 aromatic carbocycles. The van der Waals surface area contributed by atoms with E-state index in [9.17, 15) is 19.7 Å². The normalized spacial score (nSPS) is 14.5. The summed E-state index contributed by atoms with van der Waals surface area (Å²) in [7, 11) is 1.46. The van der Waals surface area contributed by atoms with Crippen LogP contribution in [0.5, 0.6) is 17.4 Å². The van der Waals surface area contributed by atoms with Crippen molar-refractivity contribution in [3.8, 4) is 17.4 Å². The van der Waals surface area contributed by atoms with Crippen LogP contribution in [-0.4, -0.2) is 33.1 Å². The van der Waals surface area contributed by atoms with Gasteiger partial charge in [0.2, 0.25) is 5.88 Å². The number of hydrogen-bond donors (Lipinski definition) is 0. The molecule has 1 saturated heterocycles. The Morgan fingerprint density at radius 2 is 1.85 bits per heavy atom. The van der Waals surface area contributed by atoms with E-state index in [2.05, 4.69) is 4.98 Å². The lowest BCUT2D eigenvalue weighted by Crippen LogP contribution is -2.27. The molecule has 0 N–H and O–H groups in total. The number of nitro groups is 1. The second kappa shape index (κ2) is 9.75. The summed E-state index contributed by atoms with van der Waals surface area (Å²) in [5.41, 5.74) is 2.47. The number of methoxy groups -OCH3 is 1. The van der Waals surface area contributed by atoms with Crippen LogP contribution in [0.25, 0.3) is 6.08 Å². The number of carbonyl (C=O) groups excluding carboxylic acids is 2. The summed E-state index contributed by atoms with van der Waals surface area (Å²) in [6.07, 6.45) is 2.72. The van der Waals surface area contributed by atoms with Crippen molar-refractivity contribution in [3.05, 3.63) is 92.5 Å². The van der Waals surface area contributed by atoms with Crippen LogP contribution < -0.4 is 9.47 Å². The first-order valence-electron chi connectivity index (χ1n) is 10.1. The van der Waals surface area contributed by atoms with Crippen molar-refractivity contribution in [1.29, 1.82) is 0 Å². The zero-order chi connectivity index (χ0) is 24.2. The molecule has 1 aromatic heterocycles. The third kappa shape index (κ3) is 5.07. The number of pyridine rings is 1. The first kappa shape index (κ1) is 23.0. The van der Waals surface area contributed by atoms with E-state index in [4.69, 9.17) is 9.47 Å². The summed E-state index contributed by atoms with van der Waals surface area (Å²) in [5.74, 6) is 0.514. The smallest absolute Gasteiger partial charge is 0.293 e. The number of aromatic nitrogens is 1. The van der Waals surface area contributed by atoms with Gasteiger partial charge >= 0.3 is 0 Å². The Labute approximate surface area is 199 Å². The zero-order valence-corrected chi connectivity index (χ0v) is 19.1. The molecule has 2 amide bonds. The Kier molecular flexibility index (Phi) is 6.60. The largest absolute Gasteiger partial charge is 0.493 e. The fourth-order valence-corrected chi connectivity index (χ4v) is 4.01. The molecule has 10 heteroatoms. The van der Waals surface area contributed by atoms with Gasteiger partial charge in [0.25, 0.3) is 16.8 Å². The second-order valence-corrected chi connectivity index (χ2v) is 8.37. The Morgan fingerprint density at radius 3 is 2.50 bits per heavy atom. The Morgan fingerprint density at radius 1 is 1.09 bits per heavy atom. The number of ether oxygens (including phenoxy) is 2. The molecule has 9 nitrogen and oxygen atoms in total. The van der Waals surface area contributed by atoms with Gasteiger partial charge < -0.3 is 9.47 Å². The van der Waals surface area contributed by atoms with E-state index in [0.717, 1.165) is 29.1 Å². The van der Waals surface area contributed by atoms with Crippen molar-refractivity contribution in [3.63, 3.8) is 0 Å². The van der Waals surface area contributed by atoms with E-state index in [1.807, 2.05) is 31.2 Å².